The highest BCUT2D eigenvalue weighted by atomic mass is 16.5. The van der Waals surface area contributed by atoms with Crippen molar-refractivity contribution in [3.63, 3.8) is 0 Å². The smallest absolute Gasteiger partial charge is 0.183 e. The average Bonchev–Trinajstić information content (AvgIpc) is 2.93. The minimum absolute atomic E-state index is 0.226. The first-order valence-corrected chi connectivity index (χ1v) is 5.58. The van der Waals surface area contributed by atoms with Crippen LogP contribution < -0.4 is 5.73 Å². The van der Waals surface area contributed by atoms with Gasteiger partial charge in [0, 0.05) is 6.42 Å². The number of hydrogen-bond donors (Lipinski definition) is 3. The summed E-state index contributed by atoms with van der Waals surface area (Å²) in [7, 11) is 0. The van der Waals surface area contributed by atoms with Crippen molar-refractivity contribution in [3.05, 3.63) is 12.7 Å². The highest BCUT2D eigenvalue weighted by Crippen LogP contribution is 2.31. The zero-order valence-corrected chi connectivity index (χ0v) is 9.47. The second kappa shape index (κ2) is 4.16. The van der Waals surface area contributed by atoms with Gasteiger partial charge in [-0.25, -0.2) is 15.0 Å². The predicted octanol–water partition coefficient (Wildman–Crippen LogP) is -0.951. The second-order valence-corrected chi connectivity index (χ2v) is 4.20. The van der Waals surface area contributed by atoms with Gasteiger partial charge in [-0.05, 0) is 0 Å². The Morgan fingerprint density at radius 2 is 2.28 bits per heavy atom. The molecule has 1 saturated heterocycles. The van der Waals surface area contributed by atoms with E-state index in [1.165, 1.54) is 6.33 Å². The predicted molar refractivity (Wildman–Crippen MR) is 61.4 cm³/mol. The summed E-state index contributed by atoms with van der Waals surface area (Å²) in [6.45, 7) is -0.226. The SMILES string of the molecule is Nc1ncnc2ncn([C@H]3CC(O)[C@@H](CO)O3)c12. The lowest BCUT2D eigenvalue weighted by molar-refractivity contribution is -0.0430. The molecule has 1 aliphatic rings. The summed E-state index contributed by atoms with van der Waals surface area (Å²) in [5.74, 6) is 0.308. The molecule has 0 spiro atoms. The summed E-state index contributed by atoms with van der Waals surface area (Å²) in [5, 5.41) is 18.8. The number of ether oxygens (including phenoxy) is 1. The molecule has 96 valence electrons. The number of aliphatic hydroxyl groups is 2. The molecule has 0 aliphatic carbocycles. The van der Waals surface area contributed by atoms with E-state index in [1.54, 1.807) is 10.9 Å². The van der Waals surface area contributed by atoms with E-state index in [0.29, 0.717) is 23.4 Å². The Labute approximate surface area is 102 Å². The molecule has 0 amide bonds. The Morgan fingerprint density at radius 3 is 3.00 bits per heavy atom. The summed E-state index contributed by atoms with van der Waals surface area (Å²) in [4.78, 5) is 12.0. The van der Waals surface area contributed by atoms with E-state index in [4.69, 9.17) is 15.6 Å². The van der Waals surface area contributed by atoms with Crippen LogP contribution in [-0.2, 0) is 4.74 Å². The fourth-order valence-corrected chi connectivity index (χ4v) is 2.17. The van der Waals surface area contributed by atoms with Crippen LogP contribution in [0.25, 0.3) is 11.2 Å². The fraction of sp³-hybridized carbons (Fsp3) is 0.500. The summed E-state index contributed by atoms with van der Waals surface area (Å²) in [6, 6.07) is 0. The molecule has 1 fully saturated rings. The maximum atomic E-state index is 9.72. The minimum atomic E-state index is -0.705. The molecular weight excluding hydrogens is 238 g/mol. The van der Waals surface area contributed by atoms with Gasteiger partial charge in [-0.1, -0.05) is 0 Å². The van der Waals surface area contributed by atoms with Crippen LogP contribution in [0.15, 0.2) is 12.7 Å². The lowest BCUT2D eigenvalue weighted by atomic mass is 10.2. The molecule has 8 heteroatoms. The lowest BCUT2D eigenvalue weighted by Gasteiger charge is -2.14. The zero-order chi connectivity index (χ0) is 12.7. The number of aromatic nitrogens is 4. The van der Waals surface area contributed by atoms with Crippen molar-refractivity contribution in [1.29, 1.82) is 0 Å². The van der Waals surface area contributed by atoms with Crippen molar-refractivity contribution >= 4 is 17.0 Å². The number of fused-ring (bicyclic) bond motifs is 1. The van der Waals surface area contributed by atoms with E-state index < -0.39 is 18.4 Å². The molecule has 4 N–H and O–H groups in total. The molecule has 0 saturated carbocycles. The lowest BCUT2D eigenvalue weighted by Crippen LogP contribution is -2.24. The third-order valence-electron chi connectivity index (χ3n) is 3.09. The molecule has 2 aromatic heterocycles. The third-order valence-corrected chi connectivity index (χ3v) is 3.09. The highest BCUT2D eigenvalue weighted by molar-refractivity contribution is 5.81. The number of nitrogens with zero attached hydrogens (tertiary/aromatic N) is 4. The van der Waals surface area contributed by atoms with Gasteiger partial charge in [0.2, 0.25) is 0 Å². The van der Waals surface area contributed by atoms with Crippen LogP contribution in [0.1, 0.15) is 12.6 Å². The molecule has 0 bridgehead atoms. The Kier molecular flexibility index (Phi) is 2.62. The van der Waals surface area contributed by atoms with Crippen molar-refractivity contribution in [1.82, 2.24) is 19.5 Å². The number of rotatable bonds is 2. The van der Waals surface area contributed by atoms with Crippen molar-refractivity contribution in [2.45, 2.75) is 24.9 Å². The fourth-order valence-electron chi connectivity index (χ4n) is 2.17. The molecule has 1 unspecified atom stereocenters. The summed E-state index contributed by atoms with van der Waals surface area (Å²) in [6.07, 6.45) is 1.55. The number of nitrogen functional groups attached to an aromatic ring is 1. The summed E-state index contributed by atoms with van der Waals surface area (Å²) < 4.78 is 7.23. The average molecular weight is 251 g/mol. The van der Waals surface area contributed by atoms with Crippen molar-refractivity contribution in [2.75, 3.05) is 12.3 Å². The van der Waals surface area contributed by atoms with Crippen LogP contribution in [0.4, 0.5) is 5.82 Å². The maximum absolute atomic E-state index is 9.72. The van der Waals surface area contributed by atoms with E-state index in [0.717, 1.165) is 0 Å². The number of hydrogen-bond acceptors (Lipinski definition) is 7. The van der Waals surface area contributed by atoms with Crippen LogP contribution in [0.3, 0.4) is 0 Å². The first-order chi connectivity index (χ1) is 8.70. The molecule has 0 radical (unpaired) electrons. The van der Waals surface area contributed by atoms with Gasteiger partial charge in [0.25, 0.3) is 0 Å². The maximum Gasteiger partial charge on any atom is 0.183 e. The van der Waals surface area contributed by atoms with Gasteiger partial charge in [0.15, 0.2) is 11.5 Å². The van der Waals surface area contributed by atoms with Crippen LogP contribution in [0, 0.1) is 0 Å². The molecule has 0 aromatic carbocycles. The number of imidazole rings is 1. The monoisotopic (exact) mass is 251 g/mol. The van der Waals surface area contributed by atoms with Gasteiger partial charge in [0.1, 0.15) is 24.2 Å². The Bertz CT molecular complexity index is 572. The Morgan fingerprint density at radius 1 is 1.44 bits per heavy atom. The molecule has 3 heterocycles. The Balaban J connectivity index is 2.01. The molecule has 8 nitrogen and oxygen atoms in total. The van der Waals surface area contributed by atoms with Gasteiger partial charge in [0.05, 0.1) is 19.0 Å². The normalized spacial score (nSPS) is 28.0. The zero-order valence-electron chi connectivity index (χ0n) is 9.47. The van der Waals surface area contributed by atoms with Gasteiger partial charge >= 0.3 is 0 Å². The quantitative estimate of drug-likeness (QED) is 0.629. The molecular formula is C10H13N5O3. The molecule has 3 rings (SSSR count). The third kappa shape index (κ3) is 1.62. The molecule has 1 aliphatic heterocycles. The molecule has 2 aromatic rings. The highest BCUT2D eigenvalue weighted by Gasteiger charge is 2.35. The number of nitrogens with two attached hydrogens (primary N) is 1. The largest absolute Gasteiger partial charge is 0.394 e. The molecule has 18 heavy (non-hydrogen) atoms. The molecule has 3 atom stereocenters. The first kappa shape index (κ1) is 11.3. The van der Waals surface area contributed by atoms with Crippen LogP contribution in [0.2, 0.25) is 0 Å². The first-order valence-electron chi connectivity index (χ1n) is 5.58. The van der Waals surface area contributed by atoms with Crippen molar-refractivity contribution in [2.24, 2.45) is 0 Å². The summed E-state index contributed by atoms with van der Waals surface area (Å²) >= 11 is 0. The number of aliphatic hydroxyl groups excluding tert-OH is 2. The van der Waals surface area contributed by atoms with Crippen molar-refractivity contribution in [3.8, 4) is 0 Å². The van der Waals surface area contributed by atoms with Crippen LogP contribution >= 0.6 is 0 Å². The number of anilines is 1. The second-order valence-electron chi connectivity index (χ2n) is 4.20. The van der Waals surface area contributed by atoms with Crippen molar-refractivity contribution < 1.29 is 14.9 Å². The van der Waals surface area contributed by atoms with E-state index in [9.17, 15) is 5.11 Å². The van der Waals surface area contributed by atoms with E-state index >= 15 is 0 Å². The minimum Gasteiger partial charge on any atom is -0.394 e. The van der Waals surface area contributed by atoms with E-state index in [-0.39, 0.29) is 6.61 Å². The van der Waals surface area contributed by atoms with Crippen LogP contribution in [-0.4, -0.2) is 48.5 Å². The van der Waals surface area contributed by atoms with Gasteiger partial charge in [-0.15, -0.1) is 0 Å². The van der Waals surface area contributed by atoms with E-state index in [1.807, 2.05) is 0 Å². The topological polar surface area (TPSA) is 119 Å². The van der Waals surface area contributed by atoms with Crippen LogP contribution in [0.5, 0.6) is 0 Å². The summed E-state index contributed by atoms with van der Waals surface area (Å²) in [5.41, 5.74) is 6.85. The van der Waals surface area contributed by atoms with E-state index in [2.05, 4.69) is 15.0 Å². The van der Waals surface area contributed by atoms with Gasteiger partial charge in [-0.2, -0.15) is 0 Å². The Hall–Kier alpha value is -1.77. The van der Waals surface area contributed by atoms with Gasteiger partial charge in [-0.3, -0.25) is 4.57 Å². The van der Waals surface area contributed by atoms with Gasteiger partial charge < -0.3 is 20.7 Å². The standard InChI is InChI=1S/C10H13N5O3/c11-9-8-10(13-3-12-9)14-4-15(8)7-1-5(17)6(2-16)18-7/h3-7,16-17H,1-2H2,(H2,11,12,13)/t5?,6-,7-/m1/s1.